The van der Waals surface area contributed by atoms with Gasteiger partial charge >= 0.3 is 0 Å². The highest BCUT2D eigenvalue weighted by Gasteiger charge is 2.35. The summed E-state index contributed by atoms with van der Waals surface area (Å²) in [5.74, 6) is 0.310. The Morgan fingerprint density at radius 1 is 0.914 bits per heavy atom. The summed E-state index contributed by atoms with van der Waals surface area (Å²) in [5, 5.41) is 1.23. The average Bonchev–Trinajstić information content (AvgIpc) is 3.08. The van der Waals surface area contributed by atoms with E-state index in [2.05, 4.69) is 0 Å². The van der Waals surface area contributed by atoms with Crippen LogP contribution >= 0.6 is 58.2 Å². The van der Waals surface area contributed by atoms with Gasteiger partial charge in [-0.15, -0.1) is 0 Å². The molecule has 2 amide bonds. The predicted octanol–water partition coefficient (Wildman–Crippen LogP) is 8.12. The van der Waals surface area contributed by atoms with Gasteiger partial charge in [-0.1, -0.05) is 70.7 Å². The first-order valence-electron chi connectivity index (χ1n) is 10.2. The predicted molar refractivity (Wildman–Crippen MR) is 142 cm³/mol. The number of carbonyl (C=O) groups excluding carboxylic acids is 2. The number of rotatable bonds is 7. The maximum Gasteiger partial charge on any atom is 0.293 e. The van der Waals surface area contributed by atoms with Crippen LogP contribution in [0.2, 0.25) is 20.1 Å². The maximum absolute atomic E-state index is 12.9. The van der Waals surface area contributed by atoms with Crippen molar-refractivity contribution < 1.29 is 19.1 Å². The summed E-state index contributed by atoms with van der Waals surface area (Å²) in [4.78, 5) is 26.9. The first-order valence-corrected chi connectivity index (χ1v) is 12.5. The number of methoxy groups -OCH3 is 1. The Morgan fingerprint density at radius 2 is 1.69 bits per heavy atom. The van der Waals surface area contributed by atoms with Crippen molar-refractivity contribution in [1.29, 1.82) is 0 Å². The quantitative estimate of drug-likeness (QED) is 0.269. The zero-order valence-corrected chi connectivity index (χ0v) is 22.0. The Labute approximate surface area is 226 Å². The fraction of sp³-hybridized carbons (Fsp3) is 0.120. The fourth-order valence-electron chi connectivity index (χ4n) is 3.34. The Bertz CT molecular complexity index is 1350. The van der Waals surface area contributed by atoms with Crippen LogP contribution in [0, 0.1) is 0 Å². The lowest BCUT2D eigenvalue weighted by atomic mass is 10.1. The lowest BCUT2D eigenvalue weighted by molar-refractivity contribution is -0.123. The highest BCUT2D eigenvalue weighted by atomic mass is 35.5. The second-order valence-electron chi connectivity index (χ2n) is 7.43. The van der Waals surface area contributed by atoms with E-state index in [1.165, 1.54) is 7.11 Å². The zero-order valence-electron chi connectivity index (χ0n) is 18.2. The molecule has 3 aromatic rings. The number of benzene rings is 3. The molecule has 0 radical (unpaired) electrons. The summed E-state index contributed by atoms with van der Waals surface area (Å²) in [7, 11) is 1.49. The van der Waals surface area contributed by atoms with Crippen LogP contribution in [0.3, 0.4) is 0 Å². The van der Waals surface area contributed by atoms with Gasteiger partial charge in [-0.2, -0.15) is 0 Å². The van der Waals surface area contributed by atoms with Gasteiger partial charge in [-0.25, -0.2) is 0 Å². The smallest absolute Gasteiger partial charge is 0.293 e. The van der Waals surface area contributed by atoms with Crippen molar-refractivity contribution >= 4 is 75.4 Å². The van der Waals surface area contributed by atoms with Gasteiger partial charge in [0.2, 0.25) is 0 Å². The lowest BCUT2D eigenvalue weighted by Gasteiger charge is -2.14. The molecular formula is C25H17Cl4NO4S. The first kappa shape index (κ1) is 25.7. The lowest BCUT2D eigenvalue weighted by Crippen LogP contribution is -2.27. The molecule has 5 nitrogen and oxygen atoms in total. The number of hydrogen-bond acceptors (Lipinski definition) is 5. The number of thioether (sulfide) groups is 1. The van der Waals surface area contributed by atoms with Crippen LogP contribution in [0.25, 0.3) is 6.08 Å². The molecule has 0 N–H and O–H groups in total. The van der Waals surface area contributed by atoms with Gasteiger partial charge in [0.05, 0.1) is 33.6 Å². The van der Waals surface area contributed by atoms with Crippen LogP contribution in [0.5, 0.6) is 11.5 Å². The Kier molecular flexibility index (Phi) is 8.19. The number of imide groups is 1. The summed E-state index contributed by atoms with van der Waals surface area (Å²) in [5.41, 5.74) is 2.07. The Hall–Kier alpha value is -2.35. The number of hydrogen-bond donors (Lipinski definition) is 0. The van der Waals surface area contributed by atoms with E-state index in [0.717, 1.165) is 22.2 Å². The van der Waals surface area contributed by atoms with E-state index in [1.54, 1.807) is 42.5 Å². The molecule has 0 saturated carbocycles. The van der Waals surface area contributed by atoms with Crippen molar-refractivity contribution in [3.05, 3.63) is 96.3 Å². The molecule has 10 heteroatoms. The molecule has 1 saturated heterocycles. The molecule has 180 valence electrons. The summed E-state index contributed by atoms with van der Waals surface area (Å²) in [6, 6.07) is 15.6. The van der Waals surface area contributed by atoms with Crippen molar-refractivity contribution in [3.63, 3.8) is 0 Å². The van der Waals surface area contributed by atoms with Crippen molar-refractivity contribution in [2.75, 3.05) is 7.11 Å². The molecule has 1 fully saturated rings. The van der Waals surface area contributed by atoms with Crippen LogP contribution < -0.4 is 9.47 Å². The zero-order chi connectivity index (χ0) is 25.1. The number of halogens is 4. The molecule has 0 unspecified atom stereocenters. The van der Waals surface area contributed by atoms with Crippen LogP contribution in [0.4, 0.5) is 4.79 Å². The molecule has 4 rings (SSSR count). The van der Waals surface area contributed by atoms with Gasteiger partial charge in [-0.05, 0) is 59.3 Å². The third-order valence-electron chi connectivity index (χ3n) is 5.08. The van der Waals surface area contributed by atoms with E-state index in [0.29, 0.717) is 37.7 Å². The van der Waals surface area contributed by atoms with Gasteiger partial charge in [0.25, 0.3) is 11.1 Å². The second kappa shape index (κ2) is 11.1. The minimum atomic E-state index is -0.416. The van der Waals surface area contributed by atoms with Crippen molar-refractivity contribution in [1.82, 2.24) is 4.90 Å². The second-order valence-corrected chi connectivity index (χ2v) is 10.1. The Balaban J connectivity index is 1.54. The number of ether oxygens (including phenoxy) is 2. The van der Waals surface area contributed by atoms with E-state index < -0.39 is 5.91 Å². The van der Waals surface area contributed by atoms with Crippen molar-refractivity contribution in [3.8, 4) is 11.5 Å². The molecule has 0 atom stereocenters. The molecule has 1 aliphatic rings. The van der Waals surface area contributed by atoms with Gasteiger partial charge in [0.15, 0.2) is 11.5 Å². The maximum atomic E-state index is 12.9. The largest absolute Gasteiger partial charge is 0.493 e. The van der Waals surface area contributed by atoms with Crippen LogP contribution in [0.15, 0.2) is 59.5 Å². The van der Waals surface area contributed by atoms with E-state index in [1.807, 2.05) is 18.2 Å². The fourth-order valence-corrected chi connectivity index (χ4v) is 4.96. The van der Waals surface area contributed by atoms with Crippen molar-refractivity contribution in [2.45, 2.75) is 13.2 Å². The third kappa shape index (κ3) is 5.90. The van der Waals surface area contributed by atoms with Gasteiger partial charge < -0.3 is 9.47 Å². The molecule has 0 aliphatic carbocycles. The SMILES string of the molecule is COc1cc(/C=C2\SC(=O)N(Cc3ccc(Cl)c(Cl)c3)C2=O)cc(Cl)c1OCc1ccccc1Cl. The minimum Gasteiger partial charge on any atom is -0.493 e. The van der Waals surface area contributed by atoms with E-state index in [9.17, 15) is 9.59 Å². The number of amides is 2. The number of nitrogens with zero attached hydrogens (tertiary/aromatic N) is 1. The van der Waals surface area contributed by atoms with E-state index in [-0.39, 0.29) is 28.3 Å². The van der Waals surface area contributed by atoms with Crippen LogP contribution in [0.1, 0.15) is 16.7 Å². The minimum absolute atomic E-state index is 0.0811. The normalized spacial score (nSPS) is 14.7. The molecular weight excluding hydrogens is 552 g/mol. The molecule has 0 bridgehead atoms. The topological polar surface area (TPSA) is 55.8 Å². The molecule has 35 heavy (non-hydrogen) atoms. The monoisotopic (exact) mass is 567 g/mol. The third-order valence-corrected chi connectivity index (χ3v) is 7.37. The van der Waals surface area contributed by atoms with Crippen LogP contribution in [-0.2, 0) is 17.9 Å². The summed E-state index contributed by atoms with van der Waals surface area (Å²) in [6.07, 6.45) is 1.59. The average molecular weight is 569 g/mol. The Morgan fingerprint density at radius 3 is 2.40 bits per heavy atom. The van der Waals surface area contributed by atoms with Gasteiger partial charge in [0.1, 0.15) is 6.61 Å². The van der Waals surface area contributed by atoms with E-state index >= 15 is 0 Å². The standard InChI is InChI=1S/C25H17Cl4NO4S/c1-33-21-10-15(9-20(29)23(21)34-13-16-4-2-3-5-17(16)26)11-22-24(31)30(25(32)35-22)12-14-6-7-18(27)19(28)8-14/h2-11H,12-13H2,1H3/b22-11-. The van der Waals surface area contributed by atoms with Crippen LogP contribution in [-0.4, -0.2) is 23.2 Å². The highest BCUT2D eigenvalue weighted by molar-refractivity contribution is 8.18. The molecule has 1 aliphatic heterocycles. The summed E-state index contributed by atoms with van der Waals surface area (Å²) >= 11 is 25.5. The molecule has 3 aromatic carbocycles. The number of carbonyl (C=O) groups is 2. The summed E-state index contributed by atoms with van der Waals surface area (Å²) < 4.78 is 11.3. The van der Waals surface area contributed by atoms with Crippen molar-refractivity contribution in [2.24, 2.45) is 0 Å². The van der Waals surface area contributed by atoms with E-state index in [4.69, 9.17) is 55.9 Å². The van der Waals surface area contributed by atoms with Gasteiger partial charge in [0, 0.05) is 10.6 Å². The summed E-state index contributed by atoms with van der Waals surface area (Å²) in [6.45, 7) is 0.278. The highest BCUT2D eigenvalue weighted by Crippen LogP contribution is 2.40. The first-order chi connectivity index (χ1) is 16.8. The molecule has 1 heterocycles. The van der Waals surface area contributed by atoms with Gasteiger partial charge in [-0.3, -0.25) is 14.5 Å². The molecule has 0 spiro atoms. The molecule has 0 aromatic heterocycles.